The number of carbonyl (C=O) groups excluding carboxylic acids is 2. The average Bonchev–Trinajstić information content (AvgIpc) is 2.65. The van der Waals surface area contributed by atoms with Gasteiger partial charge in [0.2, 0.25) is 0 Å². The standard InChI is InChI=1S/C21H22N2O5S/c1-15-11-16(2)13-17(12-15)23(10-6-9-22)20(24)14-28-21(25)18-7-4-5-8-19(18)29(3,26)27/h4-5,7-8,11-13H,6,10,14H2,1-3H3. The van der Waals surface area contributed by atoms with Crippen LogP contribution in [0.15, 0.2) is 47.4 Å². The van der Waals surface area contributed by atoms with Crippen LogP contribution in [0, 0.1) is 25.2 Å². The van der Waals surface area contributed by atoms with Crippen molar-refractivity contribution in [3.63, 3.8) is 0 Å². The molecule has 0 aliphatic heterocycles. The number of benzene rings is 2. The van der Waals surface area contributed by atoms with E-state index in [1.165, 1.54) is 29.2 Å². The van der Waals surface area contributed by atoms with Crippen molar-refractivity contribution in [1.29, 1.82) is 5.26 Å². The molecule has 29 heavy (non-hydrogen) atoms. The Kier molecular flexibility index (Phi) is 7.13. The lowest BCUT2D eigenvalue weighted by atomic mass is 10.1. The zero-order valence-electron chi connectivity index (χ0n) is 16.5. The van der Waals surface area contributed by atoms with Crippen LogP contribution < -0.4 is 4.90 Å². The molecule has 0 unspecified atom stereocenters. The zero-order valence-corrected chi connectivity index (χ0v) is 17.3. The van der Waals surface area contributed by atoms with Crippen molar-refractivity contribution < 1.29 is 22.7 Å². The zero-order chi connectivity index (χ0) is 21.6. The second-order valence-corrected chi connectivity index (χ2v) is 8.63. The van der Waals surface area contributed by atoms with Crippen LogP contribution in [-0.2, 0) is 19.4 Å². The highest BCUT2D eigenvalue weighted by atomic mass is 32.2. The summed E-state index contributed by atoms with van der Waals surface area (Å²) in [5.74, 6) is -1.41. The molecule has 0 saturated carbocycles. The Morgan fingerprint density at radius 1 is 1.10 bits per heavy atom. The summed E-state index contributed by atoms with van der Waals surface area (Å²) in [7, 11) is -3.63. The van der Waals surface area contributed by atoms with Gasteiger partial charge in [-0.05, 0) is 49.2 Å². The van der Waals surface area contributed by atoms with Gasteiger partial charge in [-0.25, -0.2) is 13.2 Å². The molecule has 0 aliphatic carbocycles. The fourth-order valence-corrected chi connectivity index (χ4v) is 3.78. The van der Waals surface area contributed by atoms with Gasteiger partial charge in [0.1, 0.15) is 0 Å². The van der Waals surface area contributed by atoms with Crippen molar-refractivity contribution in [3.05, 3.63) is 59.2 Å². The number of anilines is 1. The molecule has 0 aliphatic rings. The van der Waals surface area contributed by atoms with E-state index in [0.717, 1.165) is 17.4 Å². The molecule has 0 spiro atoms. The third-order valence-electron chi connectivity index (χ3n) is 4.10. The number of nitrogens with zero attached hydrogens (tertiary/aromatic N) is 2. The summed E-state index contributed by atoms with van der Waals surface area (Å²) in [5, 5.41) is 8.90. The lowest BCUT2D eigenvalue weighted by Crippen LogP contribution is -2.35. The molecule has 0 saturated heterocycles. The van der Waals surface area contributed by atoms with Crippen LogP contribution in [0.3, 0.4) is 0 Å². The highest BCUT2D eigenvalue weighted by Crippen LogP contribution is 2.20. The van der Waals surface area contributed by atoms with Crippen LogP contribution in [0.5, 0.6) is 0 Å². The molecular weight excluding hydrogens is 392 g/mol. The van der Waals surface area contributed by atoms with Crippen LogP contribution in [-0.4, -0.2) is 39.7 Å². The average molecular weight is 414 g/mol. The number of esters is 1. The molecule has 7 nitrogen and oxygen atoms in total. The van der Waals surface area contributed by atoms with Gasteiger partial charge in [0.05, 0.1) is 22.9 Å². The van der Waals surface area contributed by atoms with Crippen molar-refractivity contribution in [2.75, 3.05) is 24.3 Å². The fourth-order valence-electron chi connectivity index (χ4n) is 2.91. The molecule has 2 aromatic carbocycles. The van der Waals surface area contributed by atoms with E-state index in [4.69, 9.17) is 10.00 Å². The van der Waals surface area contributed by atoms with Gasteiger partial charge in [-0.1, -0.05) is 18.2 Å². The van der Waals surface area contributed by atoms with E-state index in [1.54, 1.807) is 0 Å². The maximum atomic E-state index is 12.7. The van der Waals surface area contributed by atoms with Crippen molar-refractivity contribution in [1.82, 2.24) is 0 Å². The number of hydrogen-bond donors (Lipinski definition) is 0. The van der Waals surface area contributed by atoms with Crippen molar-refractivity contribution in [3.8, 4) is 6.07 Å². The van der Waals surface area contributed by atoms with Gasteiger partial charge in [0.25, 0.3) is 5.91 Å². The Bertz CT molecular complexity index is 1050. The van der Waals surface area contributed by atoms with Crippen molar-refractivity contribution >= 4 is 27.4 Å². The number of sulfone groups is 1. The molecule has 8 heteroatoms. The van der Waals surface area contributed by atoms with E-state index in [1.807, 2.05) is 38.1 Å². The number of hydrogen-bond acceptors (Lipinski definition) is 6. The molecular formula is C21H22N2O5S. The maximum Gasteiger partial charge on any atom is 0.339 e. The highest BCUT2D eigenvalue weighted by Gasteiger charge is 2.22. The summed E-state index contributed by atoms with van der Waals surface area (Å²) in [6, 6.07) is 13.2. The number of rotatable bonds is 7. The first kappa shape index (κ1) is 22.1. The first-order valence-corrected chi connectivity index (χ1v) is 10.7. The second kappa shape index (κ2) is 9.34. The summed E-state index contributed by atoms with van der Waals surface area (Å²) in [4.78, 5) is 26.3. The van der Waals surface area contributed by atoms with Crippen LogP contribution in [0.25, 0.3) is 0 Å². The maximum absolute atomic E-state index is 12.7. The van der Waals surface area contributed by atoms with Crippen molar-refractivity contribution in [2.45, 2.75) is 25.2 Å². The molecule has 0 bridgehead atoms. The van der Waals surface area contributed by atoms with Crippen molar-refractivity contribution in [2.24, 2.45) is 0 Å². The molecule has 0 aromatic heterocycles. The molecule has 0 radical (unpaired) electrons. The minimum absolute atomic E-state index is 0.115. The normalized spacial score (nSPS) is 10.8. The Balaban J connectivity index is 2.21. The Labute approximate surface area is 170 Å². The minimum Gasteiger partial charge on any atom is -0.452 e. The summed E-state index contributed by atoms with van der Waals surface area (Å²) < 4.78 is 28.8. The lowest BCUT2D eigenvalue weighted by Gasteiger charge is -2.22. The van der Waals surface area contributed by atoms with E-state index in [-0.39, 0.29) is 23.4 Å². The smallest absolute Gasteiger partial charge is 0.339 e. The Morgan fingerprint density at radius 3 is 2.31 bits per heavy atom. The molecule has 0 N–H and O–H groups in total. The molecule has 152 valence electrons. The Morgan fingerprint density at radius 2 is 1.72 bits per heavy atom. The van der Waals surface area contributed by atoms with Gasteiger partial charge in [0, 0.05) is 18.5 Å². The molecule has 2 rings (SSSR count). The summed E-state index contributed by atoms with van der Waals surface area (Å²) >= 11 is 0. The monoisotopic (exact) mass is 414 g/mol. The topological polar surface area (TPSA) is 105 Å². The summed E-state index contributed by atoms with van der Waals surface area (Å²) in [6.45, 7) is 3.36. The van der Waals surface area contributed by atoms with Crippen LogP contribution in [0.1, 0.15) is 27.9 Å². The van der Waals surface area contributed by atoms with E-state index in [2.05, 4.69) is 0 Å². The Hall–Kier alpha value is -3.18. The SMILES string of the molecule is Cc1cc(C)cc(N(CCC#N)C(=O)COC(=O)c2ccccc2S(C)(=O)=O)c1. The number of carbonyl (C=O) groups is 2. The number of amides is 1. The van der Waals surface area contributed by atoms with Gasteiger partial charge in [0.15, 0.2) is 16.4 Å². The van der Waals surface area contributed by atoms with E-state index in [9.17, 15) is 18.0 Å². The number of nitriles is 1. The first-order chi connectivity index (χ1) is 13.6. The summed E-state index contributed by atoms with van der Waals surface area (Å²) in [5.41, 5.74) is 2.38. The number of aryl methyl sites for hydroxylation is 2. The van der Waals surface area contributed by atoms with E-state index < -0.39 is 28.3 Å². The highest BCUT2D eigenvalue weighted by molar-refractivity contribution is 7.90. The van der Waals surface area contributed by atoms with E-state index >= 15 is 0 Å². The van der Waals surface area contributed by atoms with E-state index in [0.29, 0.717) is 5.69 Å². The minimum atomic E-state index is -3.63. The summed E-state index contributed by atoms with van der Waals surface area (Å²) in [6.07, 6.45) is 1.11. The molecule has 0 heterocycles. The van der Waals surface area contributed by atoms with Crippen LogP contribution in [0.4, 0.5) is 5.69 Å². The molecule has 0 fully saturated rings. The molecule has 1 amide bonds. The van der Waals surface area contributed by atoms with Crippen LogP contribution >= 0.6 is 0 Å². The predicted molar refractivity (Wildman–Crippen MR) is 108 cm³/mol. The predicted octanol–water partition coefficient (Wildman–Crippen LogP) is 2.81. The van der Waals surface area contributed by atoms with Gasteiger partial charge in [-0.15, -0.1) is 0 Å². The van der Waals surface area contributed by atoms with Gasteiger partial charge < -0.3 is 9.64 Å². The fraction of sp³-hybridized carbons (Fsp3) is 0.286. The third kappa shape index (κ3) is 5.90. The quantitative estimate of drug-likeness (QED) is 0.645. The molecule has 0 atom stereocenters. The lowest BCUT2D eigenvalue weighted by molar-refractivity contribution is -0.121. The molecule has 2 aromatic rings. The first-order valence-electron chi connectivity index (χ1n) is 8.85. The van der Waals surface area contributed by atoms with Crippen LogP contribution in [0.2, 0.25) is 0 Å². The van der Waals surface area contributed by atoms with Gasteiger partial charge in [-0.3, -0.25) is 4.79 Å². The third-order valence-corrected chi connectivity index (χ3v) is 5.25. The van der Waals surface area contributed by atoms with Gasteiger partial charge in [-0.2, -0.15) is 5.26 Å². The largest absolute Gasteiger partial charge is 0.452 e. The van der Waals surface area contributed by atoms with Gasteiger partial charge >= 0.3 is 5.97 Å². The second-order valence-electron chi connectivity index (χ2n) is 6.64. The number of ether oxygens (including phenoxy) is 1.